The van der Waals surface area contributed by atoms with Gasteiger partial charge in [0.15, 0.2) is 0 Å². The van der Waals surface area contributed by atoms with Crippen LogP contribution in [0.2, 0.25) is 0 Å². The van der Waals surface area contributed by atoms with Crippen molar-refractivity contribution in [3.63, 3.8) is 0 Å². The maximum absolute atomic E-state index is 3.38. The zero-order chi connectivity index (χ0) is 12.8. The highest BCUT2D eigenvalue weighted by Gasteiger charge is 1.96. The Morgan fingerprint density at radius 3 is 2.11 bits per heavy atom. The molecule has 0 aliphatic heterocycles. The summed E-state index contributed by atoms with van der Waals surface area (Å²) < 4.78 is 0. The predicted molar refractivity (Wildman–Crippen MR) is 79.8 cm³/mol. The summed E-state index contributed by atoms with van der Waals surface area (Å²) in [4.78, 5) is 0. The van der Waals surface area contributed by atoms with E-state index in [1.165, 1.54) is 16.7 Å². The molecule has 0 aromatic heterocycles. The molecular weight excluding hydrogens is 218 g/mol. The van der Waals surface area contributed by atoms with Gasteiger partial charge in [-0.2, -0.15) is 0 Å². The van der Waals surface area contributed by atoms with E-state index in [-0.39, 0.29) is 0 Å². The number of nitrogens with one attached hydrogen (secondary N) is 1. The number of rotatable bonds is 4. The Balaban J connectivity index is 2.04. The van der Waals surface area contributed by atoms with Crippen molar-refractivity contribution in [2.75, 3.05) is 11.9 Å². The van der Waals surface area contributed by atoms with Gasteiger partial charge in [0.05, 0.1) is 0 Å². The van der Waals surface area contributed by atoms with Crippen LogP contribution in [0.1, 0.15) is 13.8 Å². The van der Waals surface area contributed by atoms with Crippen LogP contribution in [0, 0.1) is 0 Å². The Hall–Kier alpha value is -2.02. The number of hydrogen-bond acceptors (Lipinski definition) is 1. The standard InChI is InChI=1S/C17H19N/c1-14(2)12-13-18-17-10-8-16(9-11-17)15-6-4-3-5-7-15/h3-12,18H,13H2,1-2H3. The lowest BCUT2D eigenvalue weighted by molar-refractivity contribution is 1.26. The summed E-state index contributed by atoms with van der Waals surface area (Å²) in [6.07, 6.45) is 2.19. The molecule has 0 aliphatic carbocycles. The fraction of sp³-hybridized carbons (Fsp3) is 0.176. The first-order valence-corrected chi connectivity index (χ1v) is 6.28. The molecule has 0 saturated carbocycles. The molecule has 1 heteroatoms. The van der Waals surface area contributed by atoms with E-state index < -0.39 is 0 Å². The molecule has 2 aromatic carbocycles. The van der Waals surface area contributed by atoms with Gasteiger partial charge in [-0.3, -0.25) is 0 Å². The summed E-state index contributed by atoms with van der Waals surface area (Å²) in [5, 5.41) is 3.38. The Morgan fingerprint density at radius 2 is 1.50 bits per heavy atom. The van der Waals surface area contributed by atoms with Crippen molar-refractivity contribution in [2.24, 2.45) is 0 Å². The van der Waals surface area contributed by atoms with Crippen molar-refractivity contribution in [1.29, 1.82) is 0 Å². The van der Waals surface area contributed by atoms with Crippen LogP contribution in [0.4, 0.5) is 5.69 Å². The lowest BCUT2D eigenvalue weighted by Gasteiger charge is -2.06. The van der Waals surface area contributed by atoms with Gasteiger partial charge in [0.1, 0.15) is 0 Å². The highest BCUT2D eigenvalue weighted by atomic mass is 14.8. The maximum Gasteiger partial charge on any atom is 0.0343 e. The minimum absolute atomic E-state index is 0.882. The van der Waals surface area contributed by atoms with Gasteiger partial charge >= 0.3 is 0 Å². The van der Waals surface area contributed by atoms with Crippen LogP contribution in [-0.2, 0) is 0 Å². The van der Waals surface area contributed by atoms with Crippen molar-refractivity contribution in [3.05, 3.63) is 66.2 Å². The molecule has 18 heavy (non-hydrogen) atoms. The van der Waals surface area contributed by atoms with Crippen molar-refractivity contribution in [3.8, 4) is 11.1 Å². The first kappa shape index (κ1) is 12.4. The highest BCUT2D eigenvalue weighted by Crippen LogP contribution is 2.20. The molecule has 0 unspecified atom stereocenters. The largest absolute Gasteiger partial charge is 0.382 e. The van der Waals surface area contributed by atoms with Crippen LogP contribution < -0.4 is 5.32 Å². The minimum atomic E-state index is 0.882. The van der Waals surface area contributed by atoms with Gasteiger partial charge in [0.25, 0.3) is 0 Å². The SMILES string of the molecule is CC(C)=CCNc1ccc(-c2ccccc2)cc1. The molecule has 2 aromatic rings. The first-order valence-electron chi connectivity index (χ1n) is 6.28. The van der Waals surface area contributed by atoms with E-state index in [9.17, 15) is 0 Å². The van der Waals surface area contributed by atoms with E-state index in [0.29, 0.717) is 0 Å². The van der Waals surface area contributed by atoms with Crippen LogP contribution in [0.3, 0.4) is 0 Å². The van der Waals surface area contributed by atoms with E-state index in [2.05, 4.69) is 73.8 Å². The third-order valence-electron chi connectivity index (χ3n) is 2.81. The van der Waals surface area contributed by atoms with Crippen LogP contribution in [0.5, 0.6) is 0 Å². The number of hydrogen-bond donors (Lipinski definition) is 1. The van der Waals surface area contributed by atoms with Crippen LogP contribution in [0.15, 0.2) is 66.2 Å². The number of anilines is 1. The van der Waals surface area contributed by atoms with E-state index in [4.69, 9.17) is 0 Å². The van der Waals surface area contributed by atoms with Gasteiger partial charge in [0, 0.05) is 12.2 Å². The summed E-state index contributed by atoms with van der Waals surface area (Å²) in [6.45, 7) is 5.10. The van der Waals surface area contributed by atoms with Crippen LogP contribution >= 0.6 is 0 Å². The van der Waals surface area contributed by atoms with E-state index in [0.717, 1.165) is 12.2 Å². The van der Waals surface area contributed by atoms with Gasteiger partial charge in [-0.15, -0.1) is 0 Å². The fourth-order valence-corrected chi connectivity index (χ4v) is 1.78. The summed E-state index contributed by atoms with van der Waals surface area (Å²) in [5.41, 5.74) is 5.01. The van der Waals surface area contributed by atoms with Crippen molar-refractivity contribution in [2.45, 2.75) is 13.8 Å². The molecule has 0 fully saturated rings. The topological polar surface area (TPSA) is 12.0 Å². The van der Waals surface area contributed by atoms with E-state index in [1.807, 2.05) is 6.07 Å². The summed E-state index contributed by atoms with van der Waals surface area (Å²) in [6, 6.07) is 19.0. The number of allylic oxidation sites excluding steroid dienone is 1. The zero-order valence-electron chi connectivity index (χ0n) is 11.0. The zero-order valence-corrected chi connectivity index (χ0v) is 11.0. The Labute approximate surface area is 109 Å². The molecule has 0 amide bonds. The summed E-state index contributed by atoms with van der Waals surface area (Å²) in [7, 11) is 0. The maximum atomic E-state index is 3.38. The average molecular weight is 237 g/mol. The van der Waals surface area contributed by atoms with Crippen LogP contribution in [-0.4, -0.2) is 6.54 Å². The van der Waals surface area contributed by atoms with Gasteiger partial charge in [0.2, 0.25) is 0 Å². The molecule has 2 rings (SSSR count). The quantitative estimate of drug-likeness (QED) is 0.758. The molecular formula is C17H19N. The third kappa shape index (κ3) is 3.49. The Morgan fingerprint density at radius 1 is 0.889 bits per heavy atom. The lowest BCUT2D eigenvalue weighted by atomic mass is 10.1. The van der Waals surface area contributed by atoms with Gasteiger partial charge in [-0.1, -0.05) is 54.1 Å². The molecule has 0 radical (unpaired) electrons. The molecule has 0 spiro atoms. The second-order valence-electron chi connectivity index (χ2n) is 4.61. The monoisotopic (exact) mass is 237 g/mol. The molecule has 0 saturated heterocycles. The lowest BCUT2D eigenvalue weighted by Crippen LogP contribution is -1.98. The second kappa shape index (κ2) is 6.06. The van der Waals surface area contributed by atoms with Crippen LogP contribution in [0.25, 0.3) is 11.1 Å². The average Bonchev–Trinajstić information content (AvgIpc) is 2.40. The fourth-order valence-electron chi connectivity index (χ4n) is 1.78. The number of benzene rings is 2. The minimum Gasteiger partial charge on any atom is -0.382 e. The second-order valence-corrected chi connectivity index (χ2v) is 4.61. The normalized spacial score (nSPS) is 9.89. The van der Waals surface area contributed by atoms with Crippen molar-refractivity contribution < 1.29 is 0 Å². The van der Waals surface area contributed by atoms with Gasteiger partial charge in [-0.05, 0) is 37.1 Å². The third-order valence-corrected chi connectivity index (χ3v) is 2.81. The molecule has 1 N–H and O–H groups in total. The van der Waals surface area contributed by atoms with Crippen molar-refractivity contribution >= 4 is 5.69 Å². The van der Waals surface area contributed by atoms with Gasteiger partial charge in [-0.25, -0.2) is 0 Å². The van der Waals surface area contributed by atoms with Crippen molar-refractivity contribution in [1.82, 2.24) is 0 Å². The van der Waals surface area contributed by atoms with Gasteiger partial charge < -0.3 is 5.32 Å². The highest BCUT2D eigenvalue weighted by molar-refractivity contribution is 5.65. The summed E-state index contributed by atoms with van der Waals surface area (Å²) >= 11 is 0. The molecule has 0 bridgehead atoms. The summed E-state index contributed by atoms with van der Waals surface area (Å²) in [5.74, 6) is 0. The molecule has 0 aliphatic rings. The molecule has 92 valence electrons. The smallest absolute Gasteiger partial charge is 0.0343 e. The predicted octanol–water partition coefficient (Wildman–Crippen LogP) is 4.73. The first-order chi connectivity index (χ1) is 8.75. The molecule has 0 atom stereocenters. The Bertz CT molecular complexity index is 505. The molecule has 1 nitrogen and oxygen atoms in total. The van der Waals surface area contributed by atoms with E-state index >= 15 is 0 Å². The molecule has 0 heterocycles. The van der Waals surface area contributed by atoms with E-state index in [1.54, 1.807) is 0 Å². The Kier molecular flexibility index (Phi) is 4.19.